The molecule has 0 saturated carbocycles. The summed E-state index contributed by atoms with van der Waals surface area (Å²) in [5.41, 5.74) is 8.01. The van der Waals surface area contributed by atoms with E-state index in [2.05, 4.69) is 49.9 Å². The molecule has 0 atom stereocenters. The number of hydrogen-bond donors (Lipinski definition) is 0. The van der Waals surface area contributed by atoms with Crippen LogP contribution < -0.4 is 0 Å². The predicted octanol–water partition coefficient (Wildman–Crippen LogP) is 4.36. The SMILES string of the molecule is C#CN1CC2=C(CCc3ccc(C)cc3)CCC=C2C1=C. The minimum absolute atomic E-state index is 0.838. The fraction of sp³-hybridized carbons (Fsp3) is 0.300. The molecule has 1 aliphatic heterocycles. The van der Waals surface area contributed by atoms with Gasteiger partial charge >= 0.3 is 0 Å². The number of aryl methyl sites for hydroxylation is 2. The van der Waals surface area contributed by atoms with Crippen molar-refractivity contribution in [3.05, 3.63) is 70.5 Å². The molecule has 21 heavy (non-hydrogen) atoms. The van der Waals surface area contributed by atoms with Crippen molar-refractivity contribution in [2.75, 3.05) is 6.54 Å². The second-order valence-electron chi connectivity index (χ2n) is 5.89. The zero-order valence-corrected chi connectivity index (χ0v) is 12.7. The van der Waals surface area contributed by atoms with Crippen molar-refractivity contribution in [1.82, 2.24) is 4.90 Å². The highest BCUT2D eigenvalue weighted by Gasteiger charge is 2.28. The van der Waals surface area contributed by atoms with Crippen LogP contribution in [0.2, 0.25) is 0 Å². The lowest BCUT2D eigenvalue weighted by atomic mass is 9.88. The maximum Gasteiger partial charge on any atom is 0.0571 e. The number of hydrogen-bond acceptors (Lipinski definition) is 1. The van der Waals surface area contributed by atoms with Crippen molar-refractivity contribution < 1.29 is 0 Å². The molecule has 2 aliphatic rings. The van der Waals surface area contributed by atoms with Gasteiger partial charge in [0, 0.05) is 11.7 Å². The standard InChI is InChI=1S/C20H21N/c1-4-21-14-20-18(6-5-7-19(20)16(21)3)13-12-17-10-8-15(2)9-11-17/h1,7-11H,3,5-6,12-14H2,2H3. The normalized spacial score (nSPS) is 17.6. The van der Waals surface area contributed by atoms with Crippen molar-refractivity contribution in [2.45, 2.75) is 32.6 Å². The number of nitrogens with zero attached hydrogens (tertiary/aromatic N) is 1. The molecular formula is C20H21N. The molecule has 0 bridgehead atoms. The molecule has 3 rings (SSSR count). The zero-order valence-electron chi connectivity index (χ0n) is 12.7. The Kier molecular flexibility index (Phi) is 3.71. The Morgan fingerprint density at radius 1 is 1.24 bits per heavy atom. The summed E-state index contributed by atoms with van der Waals surface area (Å²) < 4.78 is 0. The molecule has 0 amide bonds. The van der Waals surface area contributed by atoms with E-state index in [1.165, 1.54) is 22.3 Å². The number of rotatable bonds is 3. The first-order chi connectivity index (χ1) is 10.2. The molecule has 0 aromatic heterocycles. The summed E-state index contributed by atoms with van der Waals surface area (Å²) in [6, 6.07) is 11.6. The van der Waals surface area contributed by atoms with Crippen molar-refractivity contribution >= 4 is 0 Å². The molecule has 1 fully saturated rings. The zero-order chi connectivity index (χ0) is 14.8. The number of terminal acetylenes is 1. The third-order valence-electron chi connectivity index (χ3n) is 4.49. The molecule has 1 aromatic carbocycles. The van der Waals surface area contributed by atoms with Gasteiger partial charge in [-0.1, -0.05) is 54.5 Å². The third-order valence-corrected chi connectivity index (χ3v) is 4.49. The van der Waals surface area contributed by atoms with Crippen LogP contribution >= 0.6 is 0 Å². The molecule has 106 valence electrons. The maximum atomic E-state index is 5.57. The summed E-state index contributed by atoms with van der Waals surface area (Å²) >= 11 is 0. The van der Waals surface area contributed by atoms with Gasteiger partial charge < -0.3 is 0 Å². The van der Waals surface area contributed by atoms with Gasteiger partial charge in [0.2, 0.25) is 0 Å². The Hall–Kier alpha value is -2.20. The van der Waals surface area contributed by atoms with E-state index in [1.807, 2.05) is 4.90 Å². The van der Waals surface area contributed by atoms with Gasteiger partial charge in [0.1, 0.15) is 0 Å². The lowest BCUT2D eigenvalue weighted by molar-refractivity contribution is 0.590. The summed E-state index contributed by atoms with van der Waals surface area (Å²) in [5, 5.41) is 0. The monoisotopic (exact) mass is 275 g/mol. The first-order valence-corrected chi connectivity index (χ1v) is 7.59. The van der Waals surface area contributed by atoms with Crippen LogP contribution in [0.25, 0.3) is 0 Å². The average molecular weight is 275 g/mol. The van der Waals surface area contributed by atoms with E-state index in [0.717, 1.165) is 37.9 Å². The van der Waals surface area contributed by atoms with Crippen molar-refractivity contribution in [3.63, 3.8) is 0 Å². The summed E-state index contributed by atoms with van der Waals surface area (Å²) in [6.45, 7) is 7.10. The van der Waals surface area contributed by atoms with Gasteiger partial charge in [-0.25, -0.2) is 0 Å². The van der Waals surface area contributed by atoms with E-state index in [9.17, 15) is 0 Å². The first kappa shape index (κ1) is 13.8. The predicted molar refractivity (Wildman–Crippen MR) is 88.5 cm³/mol. The van der Waals surface area contributed by atoms with E-state index in [4.69, 9.17) is 6.42 Å². The molecule has 0 N–H and O–H groups in total. The summed E-state index contributed by atoms with van der Waals surface area (Å²) in [5.74, 6) is 0. The minimum Gasteiger partial charge on any atom is -0.297 e. The smallest absolute Gasteiger partial charge is 0.0571 e. The molecule has 1 nitrogen and oxygen atoms in total. The van der Waals surface area contributed by atoms with Crippen LogP contribution in [0.5, 0.6) is 0 Å². The molecular weight excluding hydrogens is 254 g/mol. The van der Waals surface area contributed by atoms with Crippen LogP contribution in [-0.4, -0.2) is 11.4 Å². The third kappa shape index (κ3) is 2.67. The van der Waals surface area contributed by atoms with E-state index in [1.54, 1.807) is 5.57 Å². The van der Waals surface area contributed by atoms with E-state index < -0.39 is 0 Å². The summed E-state index contributed by atoms with van der Waals surface area (Å²) in [7, 11) is 0. The Bertz CT molecular complexity index is 665. The number of fused-ring (bicyclic) bond motifs is 1. The Morgan fingerprint density at radius 3 is 2.71 bits per heavy atom. The van der Waals surface area contributed by atoms with Crippen LogP contribution in [0, 0.1) is 19.4 Å². The van der Waals surface area contributed by atoms with Gasteiger partial charge in [0.05, 0.1) is 6.54 Å². The van der Waals surface area contributed by atoms with Gasteiger partial charge in [0.25, 0.3) is 0 Å². The molecule has 1 saturated heterocycles. The van der Waals surface area contributed by atoms with Crippen molar-refractivity contribution in [2.24, 2.45) is 0 Å². The molecule has 1 aromatic rings. The van der Waals surface area contributed by atoms with E-state index in [-0.39, 0.29) is 0 Å². The minimum atomic E-state index is 0.838. The van der Waals surface area contributed by atoms with Crippen LogP contribution in [0.15, 0.2) is 59.3 Å². The summed E-state index contributed by atoms with van der Waals surface area (Å²) in [4.78, 5) is 1.93. The van der Waals surface area contributed by atoms with E-state index >= 15 is 0 Å². The molecule has 1 heterocycles. The molecule has 0 spiro atoms. The van der Waals surface area contributed by atoms with Gasteiger partial charge in [-0.2, -0.15) is 0 Å². The van der Waals surface area contributed by atoms with Gasteiger partial charge in [0.15, 0.2) is 0 Å². The lowest BCUT2D eigenvalue weighted by Crippen LogP contribution is -2.09. The number of benzene rings is 1. The number of likely N-dealkylation sites (tertiary alicyclic amines) is 1. The topological polar surface area (TPSA) is 3.24 Å². The van der Waals surface area contributed by atoms with Crippen LogP contribution in [0.3, 0.4) is 0 Å². The quantitative estimate of drug-likeness (QED) is 0.741. The molecule has 1 aliphatic carbocycles. The Labute approximate surface area is 127 Å². The molecule has 1 heteroatoms. The lowest BCUT2D eigenvalue weighted by Gasteiger charge is -2.16. The number of allylic oxidation sites excluding steroid dienone is 3. The molecule has 0 radical (unpaired) electrons. The largest absolute Gasteiger partial charge is 0.297 e. The molecule has 0 unspecified atom stereocenters. The average Bonchev–Trinajstić information content (AvgIpc) is 2.84. The first-order valence-electron chi connectivity index (χ1n) is 7.59. The van der Waals surface area contributed by atoms with Gasteiger partial charge in [-0.3, -0.25) is 4.90 Å². The van der Waals surface area contributed by atoms with Crippen molar-refractivity contribution in [3.8, 4) is 12.5 Å². The fourth-order valence-electron chi connectivity index (χ4n) is 3.19. The second kappa shape index (κ2) is 5.66. The van der Waals surface area contributed by atoms with Crippen LogP contribution in [0.4, 0.5) is 0 Å². The van der Waals surface area contributed by atoms with E-state index in [0.29, 0.717) is 0 Å². The fourth-order valence-corrected chi connectivity index (χ4v) is 3.19. The van der Waals surface area contributed by atoms with Crippen LogP contribution in [-0.2, 0) is 6.42 Å². The highest BCUT2D eigenvalue weighted by Crippen LogP contribution is 2.38. The second-order valence-corrected chi connectivity index (χ2v) is 5.89. The highest BCUT2D eigenvalue weighted by atomic mass is 15.1. The van der Waals surface area contributed by atoms with Crippen LogP contribution in [0.1, 0.15) is 30.4 Å². The summed E-state index contributed by atoms with van der Waals surface area (Å²) in [6.07, 6.45) is 12.4. The Balaban J connectivity index is 1.77. The maximum absolute atomic E-state index is 5.57. The van der Waals surface area contributed by atoms with Gasteiger partial charge in [-0.05, 0) is 49.3 Å². The Morgan fingerprint density at radius 2 is 2.00 bits per heavy atom. The van der Waals surface area contributed by atoms with Gasteiger partial charge in [-0.15, -0.1) is 0 Å². The van der Waals surface area contributed by atoms with Crippen molar-refractivity contribution in [1.29, 1.82) is 0 Å². The highest BCUT2D eigenvalue weighted by molar-refractivity contribution is 5.56.